The van der Waals surface area contributed by atoms with E-state index in [9.17, 15) is 4.21 Å². The van der Waals surface area contributed by atoms with Gasteiger partial charge >= 0.3 is 0 Å². The largest absolute Gasteiger partial charge is 0.316 e. The Balaban J connectivity index is 1.95. The van der Waals surface area contributed by atoms with E-state index in [1.54, 1.807) is 0 Å². The smallest absolute Gasteiger partial charge is 0.0532 e. The molecule has 1 saturated heterocycles. The van der Waals surface area contributed by atoms with Gasteiger partial charge in [0.15, 0.2) is 0 Å². The number of benzene rings is 1. The van der Waals surface area contributed by atoms with E-state index in [0.717, 1.165) is 23.7 Å². The Morgan fingerprint density at radius 3 is 2.79 bits per heavy atom. The Bertz CT molecular complexity index is 306. The van der Waals surface area contributed by atoms with Crippen LogP contribution in [0.15, 0.2) is 35.2 Å². The fourth-order valence-corrected chi connectivity index (χ4v) is 3.11. The minimum Gasteiger partial charge on any atom is -0.316 e. The average Bonchev–Trinajstić information content (AvgIpc) is 2.72. The fraction of sp³-hybridized carbons (Fsp3) is 0.455. The van der Waals surface area contributed by atoms with E-state index < -0.39 is 10.8 Å². The zero-order valence-corrected chi connectivity index (χ0v) is 8.93. The van der Waals surface area contributed by atoms with Crippen molar-refractivity contribution in [2.24, 2.45) is 5.92 Å². The van der Waals surface area contributed by atoms with E-state index >= 15 is 0 Å². The van der Waals surface area contributed by atoms with Crippen LogP contribution in [0.5, 0.6) is 0 Å². The summed E-state index contributed by atoms with van der Waals surface area (Å²) in [6.45, 7) is 2.11. The van der Waals surface area contributed by atoms with Gasteiger partial charge in [-0.2, -0.15) is 0 Å². The van der Waals surface area contributed by atoms with Gasteiger partial charge in [-0.25, -0.2) is 0 Å². The van der Waals surface area contributed by atoms with Crippen LogP contribution in [0.2, 0.25) is 0 Å². The van der Waals surface area contributed by atoms with Crippen LogP contribution >= 0.6 is 0 Å². The van der Waals surface area contributed by atoms with Gasteiger partial charge in [0.25, 0.3) is 0 Å². The molecule has 3 heteroatoms. The Morgan fingerprint density at radius 2 is 2.14 bits per heavy atom. The molecule has 2 unspecified atom stereocenters. The molecular weight excluding hydrogens is 194 g/mol. The molecule has 0 aromatic heterocycles. The molecule has 76 valence electrons. The summed E-state index contributed by atoms with van der Waals surface area (Å²) < 4.78 is 11.9. The van der Waals surface area contributed by atoms with Crippen molar-refractivity contribution < 1.29 is 4.21 Å². The highest BCUT2D eigenvalue weighted by Crippen LogP contribution is 2.14. The molecule has 1 heterocycles. The minimum absolute atomic E-state index is 0.594. The van der Waals surface area contributed by atoms with Gasteiger partial charge in [0.2, 0.25) is 0 Å². The Labute approximate surface area is 87.2 Å². The monoisotopic (exact) mass is 209 g/mol. The number of hydrogen-bond acceptors (Lipinski definition) is 2. The van der Waals surface area contributed by atoms with Crippen LogP contribution in [0.3, 0.4) is 0 Å². The van der Waals surface area contributed by atoms with Crippen LogP contribution in [0.4, 0.5) is 0 Å². The van der Waals surface area contributed by atoms with Crippen LogP contribution in [0, 0.1) is 5.92 Å². The van der Waals surface area contributed by atoms with Crippen molar-refractivity contribution in [2.45, 2.75) is 11.3 Å². The predicted octanol–water partition coefficient (Wildman–Crippen LogP) is 1.40. The third kappa shape index (κ3) is 2.42. The maximum absolute atomic E-state index is 11.9. The van der Waals surface area contributed by atoms with Crippen LogP contribution in [-0.2, 0) is 10.8 Å². The average molecular weight is 209 g/mol. The molecule has 0 radical (unpaired) electrons. The molecule has 1 N–H and O–H groups in total. The molecule has 0 bridgehead atoms. The van der Waals surface area contributed by atoms with Crippen molar-refractivity contribution >= 4 is 10.8 Å². The first-order chi connectivity index (χ1) is 6.86. The second-order valence-corrected chi connectivity index (χ2v) is 5.18. The molecule has 14 heavy (non-hydrogen) atoms. The highest BCUT2D eigenvalue weighted by Gasteiger charge is 2.17. The Hall–Kier alpha value is -0.670. The summed E-state index contributed by atoms with van der Waals surface area (Å²) >= 11 is 0. The molecule has 2 atom stereocenters. The van der Waals surface area contributed by atoms with E-state index in [2.05, 4.69) is 5.32 Å². The first-order valence-corrected chi connectivity index (χ1v) is 6.32. The third-order valence-electron chi connectivity index (χ3n) is 2.56. The van der Waals surface area contributed by atoms with Gasteiger partial charge in [-0.15, -0.1) is 0 Å². The zero-order valence-electron chi connectivity index (χ0n) is 8.11. The molecular formula is C11H15NOS. The standard InChI is InChI=1S/C11H15NOS/c13-14(9-10-6-7-12-8-10)11-4-2-1-3-5-11/h1-5,10,12H,6-9H2. The molecule has 1 aliphatic rings. The normalized spacial score (nSPS) is 23.6. The maximum Gasteiger partial charge on any atom is 0.0532 e. The van der Waals surface area contributed by atoms with Crippen LogP contribution in [0.1, 0.15) is 6.42 Å². The van der Waals surface area contributed by atoms with E-state index in [0.29, 0.717) is 5.92 Å². The lowest BCUT2D eigenvalue weighted by molar-refractivity contribution is 0.633. The molecule has 2 nitrogen and oxygen atoms in total. The molecule has 1 fully saturated rings. The summed E-state index contributed by atoms with van der Waals surface area (Å²) in [4.78, 5) is 0.958. The van der Waals surface area contributed by atoms with Gasteiger partial charge in [-0.05, 0) is 37.6 Å². The first-order valence-electron chi connectivity index (χ1n) is 5.00. The maximum atomic E-state index is 11.9. The van der Waals surface area contributed by atoms with Crippen LogP contribution < -0.4 is 5.32 Å². The molecule has 0 aliphatic carbocycles. The van der Waals surface area contributed by atoms with Crippen LogP contribution in [-0.4, -0.2) is 23.1 Å². The van der Waals surface area contributed by atoms with E-state index in [4.69, 9.17) is 0 Å². The highest BCUT2D eigenvalue weighted by molar-refractivity contribution is 7.85. The van der Waals surface area contributed by atoms with Gasteiger partial charge in [-0.3, -0.25) is 4.21 Å². The fourth-order valence-electron chi connectivity index (χ4n) is 1.74. The predicted molar refractivity (Wildman–Crippen MR) is 58.7 cm³/mol. The Morgan fingerprint density at radius 1 is 1.36 bits per heavy atom. The number of hydrogen-bond donors (Lipinski definition) is 1. The van der Waals surface area contributed by atoms with E-state index in [1.807, 2.05) is 30.3 Å². The summed E-state index contributed by atoms with van der Waals surface area (Å²) in [6.07, 6.45) is 1.17. The van der Waals surface area contributed by atoms with E-state index in [-0.39, 0.29) is 0 Å². The SMILES string of the molecule is O=S(CC1CCNC1)c1ccccc1. The first kappa shape index (κ1) is 9.87. The second-order valence-electron chi connectivity index (χ2n) is 3.68. The summed E-state index contributed by atoms with van der Waals surface area (Å²) in [7, 11) is -0.813. The lowest BCUT2D eigenvalue weighted by atomic mass is 10.2. The van der Waals surface area contributed by atoms with Crippen molar-refractivity contribution in [2.75, 3.05) is 18.8 Å². The summed E-state index contributed by atoms with van der Waals surface area (Å²) in [5.74, 6) is 1.40. The van der Waals surface area contributed by atoms with Gasteiger partial charge in [0.1, 0.15) is 0 Å². The van der Waals surface area contributed by atoms with Crippen LogP contribution in [0.25, 0.3) is 0 Å². The Kier molecular flexibility index (Phi) is 3.32. The lowest BCUT2D eigenvalue weighted by Gasteiger charge is -2.07. The summed E-state index contributed by atoms with van der Waals surface area (Å²) in [6, 6.07) is 9.73. The van der Waals surface area contributed by atoms with Crippen molar-refractivity contribution in [3.63, 3.8) is 0 Å². The number of nitrogens with one attached hydrogen (secondary N) is 1. The lowest BCUT2D eigenvalue weighted by Crippen LogP contribution is -2.14. The van der Waals surface area contributed by atoms with Crippen molar-refractivity contribution in [1.82, 2.24) is 5.32 Å². The van der Waals surface area contributed by atoms with Crippen molar-refractivity contribution in [1.29, 1.82) is 0 Å². The molecule has 0 spiro atoms. The topological polar surface area (TPSA) is 29.1 Å². The quantitative estimate of drug-likeness (QED) is 0.815. The van der Waals surface area contributed by atoms with Gasteiger partial charge in [0.05, 0.1) is 10.8 Å². The molecule has 1 aromatic carbocycles. The van der Waals surface area contributed by atoms with Gasteiger partial charge < -0.3 is 5.32 Å². The van der Waals surface area contributed by atoms with Crippen molar-refractivity contribution in [3.8, 4) is 0 Å². The molecule has 0 saturated carbocycles. The molecule has 1 aromatic rings. The molecule has 2 rings (SSSR count). The highest BCUT2D eigenvalue weighted by atomic mass is 32.2. The molecule has 1 aliphatic heterocycles. The van der Waals surface area contributed by atoms with Gasteiger partial charge in [0, 0.05) is 10.6 Å². The molecule has 0 amide bonds. The van der Waals surface area contributed by atoms with Gasteiger partial charge in [-0.1, -0.05) is 18.2 Å². The van der Waals surface area contributed by atoms with Crippen molar-refractivity contribution in [3.05, 3.63) is 30.3 Å². The third-order valence-corrected chi connectivity index (χ3v) is 4.13. The number of rotatable bonds is 3. The zero-order chi connectivity index (χ0) is 9.80. The van der Waals surface area contributed by atoms with E-state index in [1.165, 1.54) is 6.42 Å². The summed E-state index contributed by atoms with van der Waals surface area (Å²) in [5, 5.41) is 3.29. The minimum atomic E-state index is -0.813. The summed E-state index contributed by atoms with van der Waals surface area (Å²) in [5.41, 5.74) is 0. The second kappa shape index (κ2) is 4.71.